The second-order valence-electron chi connectivity index (χ2n) is 6.23. The van der Waals surface area contributed by atoms with Gasteiger partial charge in [-0.1, -0.05) is 12.1 Å². The summed E-state index contributed by atoms with van der Waals surface area (Å²) in [6.07, 6.45) is 3.68. The van der Waals surface area contributed by atoms with Gasteiger partial charge in [-0.2, -0.15) is 0 Å². The van der Waals surface area contributed by atoms with Gasteiger partial charge >= 0.3 is 0 Å². The maximum Gasteiger partial charge on any atom is 0.138 e. The summed E-state index contributed by atoms with van der Waals surface area (Å²) in [7, 11) is 0. The molecule has 2 aromatic heterocycles. The summed E-state index contributed by atoms with van der Waals surface area (Å²) in [4.78, 5) is 8.89. The van der Waals surface area contributed by atoms with Gasteiger partial charge < -0.3 is 5.32 Å². The molecule has 4 heteroatoms. The van der Waals surface area contributed by atoms with Crippen LogP contribution in [0.15, 0.2) is 48.9 Å². The SMILES string of the molecule is CC(C)(C)NCc1ccnc(-n2cnc3ccccc32)c1. The fourth-order valence-corrected chi connectivity index (χ4v) is 2.21. The molecule has 1 aromatic carbocycles. The Balaban J connectivity index is 1.92. The number of rotatable bonds is 3. The summed E-state index contributed by atoms with van der Waals surface area (Å²) in [5, 5.41) is 3.50. The smallest absolute Gasteiger partial charge is 0.138 e. The van der Waals surface area contributed by atoms with Crippen molar-refractivity contribution in [3.05, 3.63) is 54.5 Å². The molecule has 0 aliphatic heterocycles. The number of aromatic nitrogens is 3. The molecule has 4 nitrogen and oxygen atoms in total. The zero-order valence-electron chi connectivity index (χ0n) is 12.7. The lowest BCUT2D eigenvalue weighted by atomic mass is 10.1. The molecule has 1 N–H and O–H groups in total. The summed E-state index contributed by atoms with van der Waals surface area (Å²) in [5.41, 5.74) is 3.38. The monoisotopic (exact) mass is 280 g/mol. The van der Waals surface area contributed by atoms with Gasteiger partial charge in [0.2, 0.25) is 0 Å². The first kappa shape index (κ1) is 13.8. The highest BCUT2D eigenvalue weighted by molar-refractivity contribution is 5.76. The normalized spacial score (nSPS) is 12.0. The Bertz CT molecular complexity index is 753. The molecule has 0 radical (unpaired) electrons. The van der Waals surface area contributed by atoms with Gasteiger partial charge in [0.05, 0.1) is 11.0 Å². The van der Waals surface area contributed by atoms with Crippen molar-refractivity contribution >= 4 is 11.0 Å². The van der Waals surface area contributed by atoms with Crippen LogP contribution >= 0.6 is 0 Å². The van der Waals surface area contributed by atoms with E-state index in [1.165, 1.54) is 5.56 Å². The third-order valence-electron chi connectivity index (χ3n) is 3.33. The minimum atomic E-state index is 0.102. The van der Waals surface area contributed by atoms with Crippen LogP contribution in [0.25, 0.3) is 16.9 Å². The van der Waals surface area contributed by atoms with Crippen molar-refractivity contribution in [2.24, 2.45) is 0 Å². The summed E-state index contributed by atoms with van der Waals surface area (Å²) in [5.74, 6) is 0.900. The summed E-state index contributed by atoms with van der Waals surface area (Å²) < 4.78 is 2.02. The van der Waals surface area contributed by atoms with Crippen LogP contribution in [0, 0.1) is 0 Å². The Kier molecular flexibility index (Phi) is 3.47. The largest absolute Gasteiger partial charge is 0.308 e. The second kappa shape index (κ2) is 5.30. The molecule has 0 fully saturated rings. The van der Waals surface area contributed by atoms with Crippen LogP contribution in [-0.4, -0.2) is 20.1 Å². The summed E-state index contributed by atoms with van der Waals surface area (Å²) in [6, 6.07) is 12.2. The molecule has 0 atom stereocenters. The first-order valence-electron chi connectivity index (χ1n) is 7.15. The first-order valence-corrected chi connectivity index (χ1v) is 7.15. The van der Waals surface area contributed by atoms with Crippen LogP contribution in [-0.2, 0) is 6.54 Å². The lowest BCUT2D eigenvalue weighted by molar-refractivity contribution is 0.424. The van der Waals surface area contributed by atoms with Gasteiger partial charge in [0.15, 0.2) is 0 Å². The lowest BCUT2D eigenvalue weighted by Crippen LogP contribution is -2.35. The van der Waals surface area contributed by atoms with Crippen molar-refractivity contribution < 1.29 is 0 Å². The van der Waals surface area contributed by atoms with Crippen molar-refractivity contribution in [2.45, 2.75) is 32.9 Å². The predicted octanol–water partition coefficient (Wildman–Crippen LogP) is 3.31. The van der Waals surface area contributed by atoms with Crippen LogP contribution in [0.3, 0.4) is 0 Å². The molecule has 2 heterocycles. The molecular weight excluding hydrogens is 260 g/mol. The van der Waals surface area contributed by atoms with Gasteiger partial charge in [-0.15, -0.1) is 0 Å². The molecule has 0 aliphatic carbocycles. The van der Waals surface area contributed by atoms with Gasteiger partial charge in [-0.3, -0.25) is 4.57 Å². The number of fused-ring (bicyclic) bond motifs is 1. The zero-order valence-corrected chi connectivity index (χ0v) is 12.7. The lowest BCUT2D eigenvalue weighted by Gasteiger charge is -2.20. The maximum absolute atomic E-state index is 4.47. The predicted molar refractivity (Wildman–Crippen MR) is 85.5 cm³/mol. The van der Waals surface area contributed by atoms with Gasteiger partial charge in [0.1, 0.15) is 12.1 Å². The molecule has 108 valence electrons. The van der Waals surface area contributed by atoms with Crippen LogP contribution in [0.4, 0.5) is 0 Å². The molecule has 0 saturated carbocycles. The Labute approximate surface area is 124 Å². The van der Waals surface area contributed by atoms with Crippen LogP contribution in [0.2, 0.25) is 0 Å². The van der Waals surface area contributed by atoms with E-state index in [1.54, 1.807) is 0 Å². The van der Waals surface area contributed by atoms with E-state index >= 15 is 0 Å². The molecule has 3 rings (SSSR count). The third-order valence-corrected chi connectivity index (χ3v) is 3.33. The van der Waals surface area contributed by atoms with Crippen LogP contribution in [0.5, 0.6) is 0 Å². The van der Waals surface area contributed by atoms with Crippen LogP contribution < -0.4 is 5.32 Å². The number of imidazole rings is 1. The van der Waals surface area contributed by atoms with Crippen molar-refractivity contribution in [3.8, 4) is 5.82 Å². The number of nitrogens with one attached hydrogen (secondary N) is 1. The molecular formula is C17H20N4. The van der Waals surface area contributed by atoms with Gasteiger partial charge in [0, 0.05) is 18.3 Å². The third kappa shape index (κ3) is 3.11. The molecule has 3 aromatic rings. The number of hydrogen-bond acceptors (Lipinski definition) is 3. The summed E-state index contributed by atoms with van der Waals surface area (Å²) >= 11 is 0. The molecule has 0 spiro atoms. The average molecular weight is 280 g/mol. The molecule has 21 heavy (non-hydrogen) atoms. The van der Waals surface area contributed by atoms with E-state index in [2.05, 4.69) is 48.2 Å². The molecule has 0 unspecified atom stereocenters. The topological polar surface area (TPSA) is 42.7 Å². The fourth-order valence-electron chi connectivity index (χ4n) is 2.21. The zero-order chi connectivity index (χ0) is 14.9. The highest BCUT2D eigenvalue weighted by Gasteiger charge is 2.10. The van der Waals surface area contributed by atoms with Crippen LogP contribution in [0.1, 0.15) is 26.3 Å². The number of benzene rings is 1. The van der Waals surface area contributed by atoms with E-state index in [4.69, 9.17) is 0 Å². The Morgan fingerprint density at radius 1 is 1.10 bits per heavy atom. The van der Waals surface area contributed by atoms with E-state index in [-0.39, 0.29) is 5.54 Å². The highest BCUT2D eigenvalue weighted by Crippen LogP contribution is 2.17. The van der Waals surface area contributed by atoms with Crippen molar-refractivity contribution in [2.75, 3.05) is 0 Å². The average Bonchev–Trinajstić information content (AvgIpc) is 2.89. The maximum atomic E-state index is 4.47. The van der Waals surface area contributed by atoms with E-state index in [9.17, 15) is 0 Å². The van der Waals surface area contributed by atoms with Crippen molar-refractivity contribution in [1.29, 1.82) is 0 Å². The van der Waals surface area contributed by atoms with Gasteiger partial charge in [-0.25, -0.2) is 9.97 Å². The number of hydrogen-bond donors (Lipinski definition) is 1. The van der Waals surface area contributed by atoms with Gasteiger partial charge in [0.25, 0.3) is 0 Å². The Morgan fingerprint density at radius 3 is 2.71 bits per heavy atom. The fraction of sp³-hybridized carbons (Fsp3) is 0.294. The number of para-hydroxylation sites is 2. The van der Waals surface area contributed by atoms with E-state index in [0.29, 0.717) is 0 Å². The molecule has 0 amide bonds. The van der Waals surface area contributed by atoms with E-state index < -0.39 is 0 Å². The second-order valence-corrected chi connectivity index (χ2v) is 6.23. The van der Waals surface area contributed by atoms with Gasteiger partial charge in [-0.05, 0) is 50.6 Å². The number of pyridine rings is 1. The highest BCUT2D eigenvalue weighted by atomic mass is 15.1. The van der Waals surface area contributed by atoms with E-state index in [0.717, 1.165) is 23.4 Å². The Morgan fingerprint density at radius 2 is 1.90 bits per heavy atom. The molecule has 0 aliphatic rings. The molecule has 0 saturated heterocycles. The minimum absolute atomic E-state index is 0.102. The summed E-state index contributed by atoms with van der Waals surface area (Å²) in [6.45, 7) is 7.32. The van der Waals surface area contributed by atoms with E-state index in [1.807, 2.05) is 41.4 Å². The quantitative estimate of drug-likeness (QED) is 0.800. The first-order chi connectivity index (χ1) is 10.0. The molecule has 0 bridgehead atoms. The van der Waals surface area contributed by atoms with Crippen molar-refractivity contribution in [1.82, 2.24) is 19.9 Å². The number of nitrogens with zero attached hydrogens (tertiary/aromatic N) is 3. The van der Waals surface area contributed by atoms with Crippen molar-refractivity contribution in [3.63, 3.8) is 0 Å². The Hall–Kier alpha value is -2.20. The minimum Gasteiger partial charge on any atom is -0.308 e. The standard InChI is InChI=1S/C17H20N4/c1-17(2,3)20-11-13-8-9-18-16(10-13)21-12-19-14-6-4-5-7-15(14)21/h4-10,12,20H,11H2,1-3H3.